The van der Waals surface area contributed by atoms with Crippen molar-refractivity contribution in [3.05, 3.63) is 24.3 Å². The highest BCUT2D eigenvalue weighted by molar-refractivity contribution is 5.22. The largest absolute Gasteiger partial charge is 0.396 e. The number of hydrogen-bond donors (Lipinski definition) is 1. The summed E-state index contributed by atoms with van der Waals surface area (Å²) in [5.41, 5.74) is 1.78. The van der Waals surface area contributed by atoms with Crippen LogP contribution in [0.1, 0.15) is 65.7 Å². The van der Waals surface area contributed by atoms with Gasteiger partial charge in [0.25, 0.3) is 0 Å². The molecule has 2 bridgehead atoms. The van der Waals surface area contributed by atoms with Gasteiger partial charge in [-0.3, -0.25) is 0 Å². The number of hydrogen-bond acceptors (Lipinski definition) is 1. The monoisotopic (exact) mass is 330 g/mol. The van der Waals surface area contributed by atoms with Crippen LogP contribution in [0.15, 0.2) is 24.3 Å². The molecule has 0 amide bonds. The first-order valence-electron chi connectivity index (χ1n) is 10.5. The zero-order valence-corrected chi connectivity index (χ0v) is 16.1. The average Bonchev–Trinajstić information content (AvgIpc) is 3.24. The van der Waals surface area contributed by atoms with E-state index in [-0.39, 0.29) is 0 Å². The van der Waals surface area contributed by atoms with Crippen molar-refractivity contribution in [2.24, 2.45) is 47.3 Å². The highest BCUT2D eigenvalue weighted by atomic mass is 16.3. The van der Waals surface area contributed by atoms with Crippen LogP contribution >= 0.6 is 0 Å². The second kappa shape index (κ2) is 7.77. The Kier molecular flexibility index (Phi) is 5.90. The van der Waals surface area contributed by atoms with E-state index >= 15 is 0 Å². The summed E-state index contributed by atoms with van der Waals surface area (Å²) in [6, 6.07) is 0. The molecule has 3 rings (SSSR count). The molecule has 1 N–H and O–H groups in total. The topological polar surface area (TPSA) is 20.2 Å². The van der Waals surface area contributed by atoms with E-state index in [0.717, 1.165) is 29.6 Å². The minimum Gasteiger partial charge on any atom is -0.396 e. The highest BCUT2D eigenvalue weighted by Crippen LogP contribution is 2.58. The van der Waals surface area contributed by atoms with Crippen molar-refractivity contribution in [2.75, 3.05) is 6.61 Å². The van der Waals surface area contributed by atoms with E-state index in [0.29, 0.717) is 24.4 Å². The van der Waals surface area contributed by atoms with E-state index in [1.807, 2.05) is 0 Å². The molecule has 0 aromatic carbocycles. The minimum atomic E-state index is 0.329. The molecular formula is C23H38O. The van der Waals surface area contributed by atoms with E-state index in [4.69, 9.17) is 0 Å². The lowest BCUT2D eigenvalue weighted by atomic mass is 9.70. The molecular weight excluding hydrogens is 292 g/mol. The summed E-state index contributed by atoms with van der Waals surface area (Å²) >= 11 is 0. The lowest BCUT2D eigenvalue weighted by Crippen LogP contribution is -2.27. The van der Waals surface area contributed by atoms with Crippen LogP contribution in [0.2, 0.25) is 0 Å². The van der Waals surface area contributed by atoms with Crippen molar-refractivity contribution in [3.63, 3.8) is 0 Å². The lowest BCUT2D eigenvalue weighted by Gasteiger charge is -2.35. The SMILES string of the molecule is C=CC1CC(/C=C2\CC3CC2C(C)C3C(C)CCCC)CC1CO. The van der Waals surface area contributed by atoms with Gasteiger partial charge in [-0.2, -0.15) is 0 Å². The summed E-state index contributed by atoms with van der Waals surface area (Å²) in [5.74, 6) is 6.22. The van der Waals surface area contributed by atoms with Gasteiger partial charge >= 0.3 is 0 Å². The summed E-state index contributed by atoms with van der Waals surface area (Å²) in [6.45, 7) is 11.7. The van der Waals surface area contributed by atoms with E-state index in [9.17, 15) is 5.11 Å². The van der Waals surface area contributed by atoms with Crippen LogP contribution in [0.25, 0.3) is 0 Å². The maximum atomic E-state index is 9.59. The van der Waals surface area contributed by atoms with Crippen LogP contribution in [-0.2, 0) is 0 Å². The van der Waals surface area contributed by atoms with Crippen molar-refractivity contribution in [3.8, 4) is 0 Å². The van der Waals surface area contributed by atoms with Gasteiger partial charge in [0.1, 0.15) is 0 Å². The van der Waals surface area contributed by atoms with Crippen LogP contribution in [-0.4, -0.2) is 11.7 Å². The standard InChI is InChI=1S/C23H38O/c1-5-7-8-15(3)23-16(4)22-13-20(23)12-19(22)10-17-9-18(6-2)21(11-17)14-24/h6,10,15-18,20-24H,2,5,7-9,11-14H2,1,3-4H3/b19-10+. The highest BCUT2D eigenvalue weighted by Gasteiger charge is 2.49. The third-order valence-corrected chi connectivity index (χ3v) is 7.76. The minimum absolute atomic E-state index is 0.329. The van der Waals surface area contributed by atoms with Gasteiger partial charge in [0.2, 0.25) is 0 Å². The Bertz CT molecular complexity index is 463. The summed E-state index contributed by atoms with van der Waals surface area (Å²) in [6.07, 6.45) is 14.1. The Hall–Kier alpha value is -0.560. The Morgan fingerprint density at radius 2 is 2.08 bits per heavy atom. The maximum Gasteiger partial charge on any atom is 0.0465 e. The van der Waals surface area contributed by atoms with Gasteiger partial charge in [0.15, 0.2) is 0 Å². The molecule has 0 aliphatic heterocycles. The van der Waals surface area contributed by atoms with Gasteiger partial charge in [-0.05, 0) is 73.0 Å². The molecule has 0 spiro atoms. The van der Waals surface area contributed by atoms with Crippen molar-refractivity contribution >= 4 is 0 Å². The van der Waals surface area contributed by atoms with E-state index in [1.165, 1.54) is 44.9 Å². The molecule has 3 fully saturated rings. The Morgan fingerprint density at radius 3 is 2.67 bits per heavy atom. The first kappa shape index (κ1) is 18.2. The third-order valence-electron chi connectivity index (χ3n) is 7.76. The van der Waals surface area contributed by atoms with E-state index in [2.05, 4.69) is 39.5 Å². The number of fused-ring (bicyclic) bond motifs is 2. The number of aliphatic hydroxyl groups excluding tert-OH is 1. The fourth-order valence-corrected chi connectivity index (χ4v) is 6.59. The van der Waals surface area contributed by atoms with Gasteiger partial charge in [0.05, 0.1) is 0 Å². The van der Waals surface area contributed by atoms with Gasteiger partial charge in [-0.1, -0.05) is 57.8 Å². The summed E-state index contributed by atoms with van der Waals surface area (Å²) in [7, 11) is 0. The molecule has 3 saturated carbocycles. The first-order valence-corrected chi connectivity index (χ1v) is 10.5. The van der Waals surface area contributed by atoms with Crippen LogP contribution in [0, 0.1) is 47.3 Å². The molecule has 0 saturated heterocycles. The summed E-state index contributed by atoms with van der Waals surface area (Å²) < 4.78 is 0. The van der Waals surface area contributed by atoms with Crippen molar-refractivity contribution in [1.82, 2.24) is 0 Å². The van der Waals surface area contributed by atoms with Crippen LogP contribution in [0.3, 0.4) is 0 Å². The van der Waals surface area contributed by atoms with Gasteiger partial charge in [-0.25, -0.2) is 0 Å². The van der Waals surface area contributed by atoms with E-state index < -0.39 is 0 Å². The molecule has 136 valence electrons. The van der Waals surface area contributed by atoms with Gasteiger partial charge in [0, 0.05) is 6.61 Å². The van der Waals surface area contributed by atoms with Crippen LogP contribution < -0.4 is 0 Å². The zero-order valence-electron chi connectivity index (χ0n) is 16.1. The molecule has 0 aromatic heterocycles. The predicted octanol–water partition coefficient (Wildman–Crippen LogP) is 5.85. The van der Waals surface area contributed by atoms with Crippen LogP contribution in [0.4, 0.5) is 0 Å². The summed E-state index contributed by atoms with van der Waals surface area (Å²) in [4.78, 5) is 0. The molecule has 0 aromatic rings. The molecule has 1 heteroatoms. The molecule has 1 nitrogen and oxygen atoms in total. The second-order valence-electron chi connectivity index (χ2n) is 9.18. The van der Waals surface area contributed by atoms with Crippen molar-refractivity contribution in [1.29, 1.82) is 0 Å². The number of allylic oxidation sites excluding steroid dienone is 3. The molecule has 24 heavy (non-hydrogen) atoms. The van der Waals surface area contributed by atoms with Gasteiger partial charge in [-0.15, -0.1) is 6.58 Å². The molecule has 8 atom stereocenters. The number of rotatable bonds is 7. The van der Waals surface area contributed by atoms with E-state index in [1.54, 1.807) is 5.57 Å². The zero-order chi connectivity index (χ0) is 17.3. The molecule has 3 aliphatic carbocycles. The number of unbranched alkanes of at least 4 members (excludes halogenated alkanes) is 1. The molecule has 0 heterocycles. The maximum absolute atomic E-state index is 9.59. The molecule has 8 unspecified atom stereocenters. The van der Waals surface area contributed by atoms with Crippen LogP contribution in [0.5, 0.6) is 0 Å². The van der Waals surface area contributed by atoms with Crippen molar-refractivity contribution in [2.45, 2.75) is 65.7 Å². The predicted molar refractivity (Wildman–Crippen MR) is 103 cm³/mol. The fraction of sp³-hybridized carbons (Fsp3) is 0.826. The number of aliphatic hydroxyl groups is 1. The van der Waals surface area contributed by atoms with Gasteiger partial charge < -0.3 is 5.11 Å². The first-order chi connectivity index (χ1) is 11.6. The van der Waals surface area contributed by atoms with Crippen molar-refractivity contribution < 1.29 is 5.11 Å². The second-order valence-corrected chi connectivity index (χ2v) is 9.18. The Morgan fingerprint density at radius 1 is 1.29 bits per heavy atom. The quantitative estimate of drug-likeness (QED) is 0.580. The molecule has 0 radical (unpaired) electrons. The smallest absolute Gasteiger partial charge is 0.0465 e. The summed E-state index contributed by atoms with van der Waals surface area (Å²) in [5, 5.41) is 9.59. The average molecular weight is 331 g/mol. The Balaban J connectivity index is 1.63. The fourth-order valence-electron chi connectivity index (χ4n) is 6.59. The Labute approximate surface area is 149 Å². The lowest BCUT2D eigenvalue weighted by molar-refractivity contribution is 0.185. The third kappa shape index (κ3) is 3.39. The molecule has 3 aliphatic rings. The normalized spacial score (nSPS) is 44.3.